The van der Waals surface area contributed by atoms with E-state index in [2.05, 4.69) is 17.1 Å². The van der Waals surface area contributed by atoms with Crippen molar-refractivity contribution in [3.63, 3.8) is 0 Å². The maximum atomic E-state index is 12.5. The van der Waals surface area contributed by atoms with Crippen LogP contribution < -0.4 is 5.32 Å². The molecule has 3 amide bonds. The van der Waals surface area contributed by atoms with Gasteiger partial charge in [0.1, 0.15) is 0 Å². The van der Waals surface area contributed by atoms with E-state index in [9.17, 15) is 9.59 Å². The van der Waals surface area contributed by atoms with Crippen molar-refractivity contribution in [2.45, 2.75) is 25.8 Å². The lowest BCUT2D eigenvalue weighted by molar-refractivity contribution is 0.0188. The number of urea groups is 1. The van der Waals surface area contributed by atoms with E-state index in [0.29, 0.717) is 44.5 Å². The molecule has 1 aromatic rings. The quantitative estimate of drug-likeness (QED) is 0.834. The van der Waals surface area contributed by atoms with Crippen molar-refractivity contribution >= 4 is 11.9 Å². The second-order valence-electron chi connectivity index (χ2n) is 7.13. The summed E-state index contributed by atoms with van der Waals surface area (Å²) in [7, 11) is 0. The Morgan fingerprint density at radius 1 is 1.11 bits per heavy atom. The van der Waals surface area contributed by atoms with Crippen LogP contribution in [0.25, 0.3) is 0 Å². The lowest BCUT2D eigenvalue weighted by Crippen LogP contribution is -2.45. The molecule has 2 fully saturated rings. The molecule has 0 aliphatic carbocycles. The molecule has 0 unspecified atom stereocenters. The SMILES string of the molecule is C[C@@H](CCNC(=O)N1CCCN(C(=O)c2ccco2)CC1)N1CCOCC1. The molecule has 8 heteroatoms. The minimum Gasteiger partial charge on any atom is -0.459 e. The lowest BCUT2D eigenvalue weighted by Gasteiger charge is -2.32. The van der Waals surface area contributed by atoms with E-state index in [1.165, 1.54) is 6.26 Å². The molecule has 1 aromatic heterocycles. The van der Waals surface area contributed by atoms with Crippen molar-refractivity contribution in [2.75, 3.05) is 59.0 Å². The van der Waals surface area contributed by atoms with Crippen LogP contribution in [-0.2, 0) is 4.74 Å². The second kappa shape index (κ2) is 9.75. The average molecular weight is 378 g/mol. The Bertz CT molecular complexity index is 601. The number of amides is 3. The molecule has 0 bridgehead atoms. The molecule has 0 saturated carbocycles. The monoisotopic (exact) mass is 378 g/mol. The minimum atomic E-state index is -0.110. The smallest absolute Gasteiger partial charge is 0.317 e. The number of morpholine rings is 1. The molecule has 3 rings (SSSR count). The molecule has 8 nitrogen and oxygen atoms in total. The Hall–Kier alpha value is -2.06. The van der Waals surface area contributed by atoms with Crippen LogP contribution in [-0.4, -0.2) is 91.7 Å². The van der Waals surface area contributed by atoms with Crippen LogP contribution in [0.1, 0.15) is 30.3 Å². The van der Waals surface area contributed by atoms with Crippen molar-refractivity contribution in [1.82, 2.24) is 20.0 Å². The van der Waals surface area contributed by atoms with E-state index < -0.39 is 0 Å². The third-order valence-corrected chi connectivity index (χ3v) is 5.31. The molecule has 0 aromatic carbocycles. The normalized spacial score (nSPS) is 20.2. The van der Waals surface area contributed by atoms with Crippen molar-refractivity contribution in [2.24, 2.45) is 0 Å². The molecule has 2 aliphatic rings. The lowest BCUT2D eigenvalue weighted by atomic mass is 10.2. The molecule has 2 aliphatic heterocycles. The van der Waals surface area contributed by atoms with E-state index in [-0.39, 0.29) is 11.9 Å². The number of hydrogen-bond acceptors (Lipinski definition) is 5. The summed E-state index contributed by atoms with van der Waals surface area (Å²) in [4.78, 5) is 30.8. The Labute approximate surface area is 160 Å². The number of ether oxygens (including phenoxy) is 1. The predicted molar refractivity (Wildman–Crippen MR) is 101 cm³/mol. The highest BCUT2D eigenvalue weighted by molar-refractivity contribution is 5.91. The molecule has 2 saturated heterocycles. The first kappa shape index (κ1) is 19.7. The summed E-state index contributed by atoms with van der Waals surface area (Å²) in [6, 6.07) is 3.77. The first-order valence-electron chi connectivity index (χ1n) is 9.82. The summed E-state index contributed by atoms with van der Waals surface area (Å²) >= 11 is 0. The predicted octanol–water partition coefficient (Wildman–Crippen LogP) is 1.25. The van der Waals surface area contributed by atoms with Gasteiger partial charge in [-0.3, -0.25) is 9.69 Å². The first-order valence-corrected chi connectivity index (χ1v) is 9.82. The van der Waals surface area contributed by atoms with Gasteiger partial charge in [-0.2, -0.15) is 0 Å². The van der Waals surface area contributed by atoms with Crippen LogP contribution in [0.3, 0.4) is 0 Å². The molecule has 1 N–H and O–H groups in total. The highest BCUT2D eigenvalue weighted by Crippen LogP contribution is 2.10. The molecular weight excluding hydrogens is 348 g/mol. The zero-order valence-electron chi connectivity index (χ0n) is 16.1. The fourth-order valence-corrected chi connectivity index (χ4v) is 3.58. The fourth-order valence-electron chi connectivity index (χ4n) is 3.58. The molecule has 3 heterocycles. The van der Waals surface area contributed by atoms with Gasteiger partial charge < -0.3 is 24.3 Å². The van der Waals surface area contributed by atoms with Gasteiger partial charge in [-0.25, -0.2) is 4.79 Å². The van der Waals surface area contributed by atoms with Gasteiger partial charge in [-0.05, 0) is 31.9 Å². The fraction of sp³-hybridized carbons (Fsp3) is 0.684. The maximum absolute atomic E-state index is 12.5. The summed E-state index contributed by atoms with van der Waals surface area (Å²) < 4.78 is 10.6. The molecule has 27 heavy (non-hydrogen) atoms. The second-order valence-corrected chi connectivity index (χ2v) is 7.13. The molecule has 150 valence electrons. The Morgan fingerprint density at radius 2 is 1.85 bits per heavy atom. The molecular formula is C19H30N4O4. The Morgan fingerprint density at radius 3 is 2.59 bits per heavy atom. The van der Waals surface area contributed by atoms with Crippen LogP contribution in [0.2, 0.25) is 0 Å². The maximum Gasteiger partial charge on any atom is 0.317 e. The first-order chi connectivity index (χ1) is 13.1. The number of furan rings is 1. The number of carbonyl (C=O) groups is 2. The van der Waals surface area contributed by atoms with Crippen molar-refractivity contribution in [3.8, 4) is 0 Å². The number of rotatable bonds is 5. The number of nitrogens with one attached hydrogen (secondary N) is 1. The van der Waals surface area contributed by atoms with Gasteiger partial charge in [-0.1, -0.05) is 0 Å². The third-order valence-electron chi connectivity index (χ3n) is 5.31. The Kier molecular flexibility index (Phi) is 7.11. The standard InChI is InChI=1S/C19H30N4O4/c1-16(21-11-14-26-15-12-21)5-6-20-19(25)23-8-3-7-22(9-10-23)18(24)17-4-2-13-27-17/h2,4,13,16H,3,5-12,14-15H2,1H3,(H,20,25)/t16-/m0/s1. The van der Waals surface area contributed by atoms with Crippen molar-refractivity contribution < 1.29 is 18.7 Å². The summed E-state index contributed by atoms with van der Waals surface area (Å²) in [6.45, 7) is 8.71. The third kappa shape index (κ3) is 5.46. The number of hydrogen-bond donors (Lipinski definition) is 1. The van der Waals surface area contributed by atoms with Crippen molar-refractivity contribution in [3.05, 3.63) is 24.2 Å². The van der Waals surface area contributed by atoms with E-state index in [1.807, 2.05) is 0 Å². The van der Waals surface area contributed by atoms with E-state index in [4.69, 9.17) is 9.15 Å². The molecule has 0 spiro atoms. The van der Waals surface area contributed by atoms with Crippen LogP contribution >= 0.6 is 0 Å². The summed E-state index contributed by atoms with van der Waals surface area (Å²) in [5.74, 6) is 0.242. The number of nitrogens with zero attached hydrogens (tertiary/aromatic N) is 3. The van der Waals surface area contributed by atoms with Crippen LogP contribution in [0.15, 0.2) is 22.8 Å². The van der Waals surface area contributed by atoms with Gasteiger partial charge in [0.05, 0.1) is 19.5 Å². The van der Waals surface area contributed by atoms with Gasteiger partial charge in [0.25, 0.3) is 5.91 Å². The van der Waals surface area contributed by atoms with Crippen molar-refractivity contribution in [1.29, 1.82) is 0 Å². The number of carbonyl (C=O) groups excluding carboxylic acids is 2. The van der Waals surface area contributed by atoms with Crippen LogP contribution in [0.4, 0.5) is 4.79 Å². The average Bonchev–Trinajstić information content (AvgIpc) is 3.12. The van der Waals surface area contributed by atoms with E-state index in [1.54, 1.807) is 21.9 Å². The van der Waals surface area contributed by atoms with Gasteiger partial charge in [0.2, 0.25) is 0 Å². The minimum absolute atomic E-state index is 0.0449. The highest BCUT2D eigenvalue weighted by Gasteiger charge is 2.24. The Balaban J connectivity index is 1.39. The summed E-state index contributed by atoms with van der Waals surface area (Å²) in [6.07, 6.45) is 3.19. The summed E-state index contributed by atoms with van der Waals surface area (Å²) in [5.41, 5.74) is 0. The zero-order valence-corrected chi connectivity index (χ0v) is 16.1. The molecule has 1 atom stereocenters. The van der Waals surface area contributed by atoms with Gasteiger partial charge >= 0.3 is 6.03 Å². The van der Waals surface area contributed by atoms with Crippen LogP contribution in [0, 0.1) is 0 Å². The highest BCUT2D eigenvalue weighted by atomic mass is 16.5. The zero-order chi connectivity index (χ0) is 19.1. The van der Waals surface area contributed by atoms with Crippen LogP contribution in [0.5, 0.6) is 0 Å². The largest absolute Gasteiger partial charge is 0.459 e. The van der Waals surface area contributed by atoms with Gasteiger partial charge in [0, 0.05) is 51.9 Å². The summed E-state index contributed by atoms with van der Waals surface area (Å²) in [5, 5.41) is 3.03. The topological polar surface area (TPSA) is 78.3 Å². The van der Waals surface area contributed by atoms with Gasteiger partial charge in [0.15, 0.2) is 5.76 Å². The van der Waals surface area contributed by atoms with Gasteiger partial charge in [-0.15, -0.1) is 0 Å². The van der Waals surface area contributed by atoms with E-state index >= 15 is 0 Å². The van der Waals surface area contributed by atoms with E-state index in [0.717, 1.165) is 39.1 Å². The molecule has 0 radical (unpaired) electrons.